The molecule has 0 N–H and O–H groups in total. The number of anilines is 1. The van der Waals surface area contributed by atoms with Crippen LogP contribution in [0, 0.1) is 0 Å². The van der Waals surface area contributed by atoms with Crippen LogP contribution in [0.4, 0.5) is 5.69 Å². The van der Waals surface area contributed by atoms with Crippen molar-refractivity contribution in [3.63, 3.8) is 0 Å². The fourth-order valence-electron chi connectivity index (χ4n) is 3.83. The summed E-state index contributed by atoms with van der Waals surface area (Å²) < 4.78 is 21.4. The average molecular weight is 424 g/mol. The number of hydrogen-bond donors (Lipinski definition) is 0. The normalized spacial score (nSPS) is 16.7. The second-order valence-electron chi connectivity index (χ2n) is 7.04. The molecule has 2 aliphatic rings. The second kappa shape index (κ2) is 8.69. The van der Waals surface area contributed by atoms with E-state index in [2.05, 4.69) is 0 Å². The smallest absolute Gasteiger partial charge is 0.282 e. The van der Waals surface area contributed by atoms with Crippen molar-refractivity contribution < 1.29 is 28.5 Å². The van der Waals surface area contributed by atoms with Crippen LogP contribution in [0.2, 0.25) is 0 Å². The zero-order valence-electron chi connectivity index (χ0n) is 17.7. The van der Waals surface area contributed by atoms with Crippen LogP contribution in [-0.4, -0.2) is 64.3 Å². The lowest BCUT2D eigenvalue weighted by molar-refractivity contribution is -0.121. The molecule has 1 fully saturated rings. The van der Waals surface area contributed by atoms with Crippen molar-refractivity contribution in [2.45, 2.75) is 0 Å². The minimum Gasteiger partial charge on any atom is -0.497 e. The van der Waals surface area contributed by atoms with E-state index in [-0.39, 0.29) is 5.91 Å². The number of imide groups is 1. The number of nitrogens with zero attached hydrogens (tertiary/aromatic N) is 2. The monoisotopic (exact) mass is 424 g/mol. The number of morpholine rings is 1. The van der Waals surface area contributed by atoms with Gasteiger partial charge < -0.3 is 23.8 Å². The van der Waals surface area contributed by atoms with Gasteiger partial charge in [0.25, 0.3) is 11.8 Å². The molecule has 2 amide bonds. The standard InChI is InChI=1S/C23H24N2O6/c1-28-17-6-4-5-16(14-17)25-22(26)20(15-7-8-18(29-2)19(13-15)30-3)21(23(25)27)24-9-11-31-12-10-24/h4-8,13-14H,9-12H2,1-3H3. The first-order valence-corrected chi connectivity index (χ1v) is 9.91. The largest absolute Gasteiger partial charge is 0.497 e. The Morgan fingerprint density at radius 3 is 2.26 bits per heavy atom. The molecule has 2 heterocycles. The Labute approximate surface area is 180 Å². The minimum absolute atomic E-state index is 0.329. The van der Waals surface area contributed by atoms with Crippen LogP contribution in [0.1, 0.15) is 5.56 Å². The molecule has 4 rings (SSSR count). The maximum absolute atomic E-state index is 13.6. The Morgan fingerprint density at radius 1 is 0.839 bits per heavy atom. The van der Waals surface area contributed by atoms with Crippen molar-refractivity contribution in [3.8, 4) is 17.2 Å². The maximum atomic E-state index is 13.6. The van der Waals surface area contributed by atoms with Gasteiger partial charge in [0.05, 0.1) is 45.8 Å². The quantitative estimate of drug-likeness (QED) is 0.659. The highest BCUT2D eigenvalue weighted by atomic mass is 16.5. The van der Waals surface area contributed by atoms with E-state index in [9.17, 15) is 9.59 Å². The number of hydrogen-bond acceptors (Lipinski definition) is 7. The summed E-state index contributed by atoms with van der Waals surface area (Å²) in [5, 5.41) is 0. The van der Waals surface area contributed by atoms with E-state index >= 15 is 0 Å². The summed E-state index contributed by atoms with van der Waals surface area (Å²) in [5.74, 6) is 0.817. The van der Waals surface area contributed by atoms with Crippen molar-refractivity contribution in [3.05, 3.63) is 53.7 Å². The van der Waals surface area contributed by atoms with Gasteiger partial charge in [0.15, 0.2) is 11.5 Å². The van der Waals surface area contributed by atoms with Crippen LogP contribution in [0.15, 0.2) is 48.2 Å². The van der Waals surface area contributed by atoms with Gasteiger partial charge in [0.2, 0.25) is 0 Å². The summed E-state index contributed by atoms with van der Waals surface area (Å²) in [6.07, 6.45) is 0. The number of carbonyl (C=O) groups excluding carboxylic acids is 2. The lowest BCUT2D eigenvalue weighted by atomic mass is 10.0. The molecule has 8 heteroatoms. The number of amides is 2. The number of ether oxygens (including phenoxy) is 4. The summed E-state index contributed by atoms with van der Waals surface area (Å²) in [4.78, 5) is 30.3. The first-order chi connectivity index (χ1) is 15.1. The topological polar surface area (TPSA) is 77.5 Å². The first-order valence-electron chi connectivity index (χ1n) is 9.91. The number of carbonyl (C=O) groups is 2. The predicted octanol–water partition coefficient (Wildman–Crippen LogP) is 2.33. The van der Waals surface area contributed by atoms with Gasteiger partial charge in [-0.3, -0.25) is 9.59 Å². The lowest BCUT2D eigenvalue weighted by Gasteiger charge is -2.29. The lowest BCUT2D eigenvalue weighted by Crippen LogP contribution is -2.40. The highest BCUT2D eigenvalue weighted by molar-refractivity contribution is 6.45. The molecule has 0 aliphatic carbocycles. The summed E-state index contributed by atoms with van der Waals surface area (Å²) in [6.45, 7) is 2.03. The van der Waals surface area contributed by atoms with Gasteiger partial charge in [0.1, 0.15) is 11.4 Å². The van der Waals surface area contributed by atoms with Gasteiger partial charge >= 0.3 is 0 Å². The zero-order valence-corrected chi connectivity index (χ0v) is 17.7. The average Bonchev–Trinajstić information content (AvgIpc) is 3.08. The number of rotatable bonds is 6. The molecular weight excluding hydrogens is 400 g/mol. The minimum atomic E-state index is -0.396. The van der Waals surface area contributed by atoms with Crippen molar-refractivity contribution in [1.82, 2.24) is 4.90 Å². The van der Waals surface area contributed by atoms with Crippen LogP contribution in [0.25, 0.3) is 5.57 Å². The molecule has 162 valence electrons. The third kappa shape index (κ3) is 3.70. The van der Waals surface area contributed by atoms with E-state index in [4.69, 9.17) is 18.9 Å². The summed E-state index contributed by atoms with van der Waals surface area (Å²) >= 11 is 0. The molecule has 2 aromatic carbocycles. The fraction of sp³-hybridized carbons (Fsp3) is 0.304. The molecule has 0 atom stereocenters. The summed E-state index contributed by atoms with van der Waals surface area (Å²) in [6, 6.07) is 12.1. The van der Waals surface area contributed by atoms with Crippen molar-refractivity contribution in [2.75, 3.05) is 52.5 Å². The van der Waals surface area contributed by atoms with E-state index in [0.717, 1.165) is 0 Å². The van der Waals surface area contributed by atoms with Crippen LogP contribution < -0.4 is 19.1 Å². The molecule has 0 aromatic heterocycles. The second-order valence-corrected chi connectivity index (χ2v) is 7.04. The van der Waals surface area contributed by atoms with Gasteiger partial charge in [-0.25, -0.2) is 4.90 Å². The molecule has 8 nitrogen and oxygen atoms in total. The maximum Gasteiger partial charge on any atom is 0.282 e. The molecule has 1 saturated heterocycles. The Bertz CT molecular complexity index is 1040. The van der Waals surface area contributed by atoms with Crippen molar-refractivity contribution >= 4 is 23.1 Å². The van der Waals surface area contributed by atoms with Gasteiger partial charge in [0, 0.05) is 19.2 Å². The molecule has 2 aromatic rings. The fourth-order valence-corrected chi connectivity index (χ4v) is 3.83. The van der Waals surface area contributed by atoms with E-state index in [1.165, 1.54) is 12.0 Å². The zero-order chi connectivity index (χ0) is 22.0. The van der Waals surface area contributed by atoms with E-state index in [1.807, 2.05) is 4.90 Å². The van der Waals surface area contributed by atoms with Gasteiger partial charge in [-0.1, -0.05) is 12.1 Å². The third-order valence-corrected chi connectivity index (χ3v) is 5.37. The molecule has 2 aliphatic heterocycles. The Hall–Kier alpha value is -3.52. The highest BCUT2D eigenvalue weighted by Crippen LogP contribution is 2.38. The first kappa shape index (κ1) is 20.7. The van der Waals surface area contributed by atoms with E-state index in [0.29, 0.717) is 66.1 Å². The van der Waals surface area contributed by atoms with Crippen LogP contribution in [0.3, 0.4) is 0 Å². The molecule has 0 spiro atoms. The molecular formula is C23H24N2O6. The molecule has 31 heavy (non-hydrogen) atoms. The third-order valence-electron chi connectivity index (χ3n) is 5.37. The van der Waals surface area contributed by atoms with Crippen LogP contribution in [-0.2, 0) is 14.3 Å². The predicted molar refractivity (Wildman–Crippen MR) is 114 cm³/mol. The summed E-state index contributed by atoms with van der Waals surface area (Å²) in [5.41, 5.74) is 1.73. The van der Waals surface area contributed by atoms with E-state index < -0.39 is 5.91 Å². The van der Waals surface area contributed by atoms with Crippen LogP contribution >= 0.6 is 0 Å². The van der Waals surface area contributed by atoms with E-state index in [1.54, 1.807) is 56.7 Å². The van der Waals surface area contributed by atoms with Crippen molar-refractivity contribution in [2.24, 2.45) is 0 Å². The Morgan fingerprint density at radius 2 is 1.58 bits per heavy atom. The Kier molecular flexibility index (Phi) is 5.81. The molecule has 0 radical (unpaired) electrons. The molecule has 0 unspecified atom stereocenters. The van der Waals surface area contributed by atoms with Gasteiger partial charge in [-0.05, 0) is 29.8 Å². The summed E-state index contributed by atoms with van der Waals surface area (Å²) in [7, 11) is 4.62. The van der Waals surface area contributed by atoms with Crippen LogP contribution in [0.5, 0.6) is 17.2 Å². The van der Waals surface area contributed by atoms with Gasteiger partial charge in [-0.15, -0.1) is 0 Å². The molecule has 0 bridgehead atoms. The molecule has 0 saturated carbocycles. The van der Waals surface area contributed by atoms with Gasteiger partial charge in [-0.2, -0.15) is 0 Å². The van der Waals surface area contributed by atoms with Crippen molar-refractivity contribution in [1.29, 1.82) is 0 Å². The number of methoxy groups -OCH3 is 3. The number of benzene rings is 2. The Balaban J connectivity index is 1.84. The SMILES string of the molecule is COc1cccc(N2C(=O)C(c3ccc(OC)c(OC)c3)=C(N3CCOCC3)C2=O)c1. The highest BCUT2D eigenvalue weighted by Gasteiger charge is 2.43.